The Bertz CT molecular complexity index is 583. The topological polar surface area (TPSA) is 3.24 Å². The summed E-state index contributed by atoms with van der Waals surface area (Å²) in [6, 6.07) is 16.9. The van der Waals surface area contributed by atoms with Crippen LogP contribution in [-0.4, -0.2) is 13.1 Å². The van der Waals surface area contributed by atoms with E-state index in [1.807, 2.05) is 12.1 Å². The normalized spacial score (nSPS) is 18.5. The monoisotopic (exact) mass is 305 g/mol. The molecule has 1 saturated heterocycles. The molecule has 0 saturated carbocycles. The first-order valence-corrected chi connectivity index (χ1v) is 7.83. The molecule has 20 heavy (non-hydrogen) atoms. The molecule has 1 heterocycles. The molecule has 3 heteroatoms. The average molecular weight is 306 g/mol. The van der Waals surface area contributed by atoms with Gasteiger partial charge in [-0.3, -0.25) is 0 Å². The Morgan fingerprint density at radius 2 is 1.90 bits per heavy atom. The molecule has 1 atom stereocenters. The Labute approximate surface area is 130 Å². The van der Waals surface area contributed by atoms with Crippen LogP contribution in [0.15, 0.2) is 48.5 Å². The summed E-state index contributed by atoms with van der Waals surface area (Å²) in [4.78, 5) is 2.40. The Hall–Kier alpha value is -1.18. The van der Waals surface area contributed by atoms with Gasteiger partial charge in [0.05, 0.1) is 0 Å². The van der Waals surface area contributed by atoms with E-state index >= 15 is 0 Å². The fourth-order valence-corrected chi connectivity index (χ4v) is 3.38. The zero-order valence-electron chi connectivity index (χ0n) is 11.2. The van der Waals surface area contributed by atoms with Crippen LogP contribution in [0.3, 0.4) is 0 Å². The smallest absolute Gasteiger partial charge is 0.0488 e. The second-order valence-corrected chi connectivity index (χ2v) is 5.93. The lowest BCUT2D eigenvalue weighted by Crippen LogP contribution is -2.19. The third-order valence-corrected chi connectivity index (χ3v) is 4.64. The third-order valence-electron chi connectivity index (χ3n) is 4.00. The lowest BCUT2D eigenvalue weighted by Gasteiger charge is -2.19. The summed E-state index contributed by atoms with van der Waals surface area (Å²) in [6.45, 7) is 2.14. The van der Waals surface area contributed by atoms with Crippen LogP contribution in [0, 0.1) is 0 Å². The van der Waals surface area contributed by atoms with Gasteiger partial charge in [-0.2, -0.15) is 0 Å². The van der Waals surface area contributed by atoms with Crippen molar-refractivity contribution in [2.24, 2.45) is 0 Å². The highest BCUT2D eigenvalue weighted by atomic mass is 35.5. The third kappa shape index (κ3) is 2.79. The predicted molar refractivity (Wildman–Crippen MR) is 87.0 cm³/mol. The molecule has 104 valence electrons. The first-order valence-electron chi connectivity index (χ1n) is 6.92. The van der Waals surface area contributed by atoms with E-state index in [4.69, 9.17) is 23.2 Å². The minimum absolute atomic E-state index is 0.464. The molecule has 0 amide bonds. The second kappa shape index (κ2) is 6.07. The van der Waals surface area contributed by atoms with Crippen LogP contribution in [0.1, 0.15) is 23.5 Å². The Morgan fingerprint density at radius 3 is 2.60 bits per heavy atom. The molecular weight excluding hydrogens is 289 g/mol. The summed E-state index contributed by atoms with van der Waals surface area (Å²) in [5.74, 6) is 1.08. The summed E-state index contributed by atoms with van der Waals surface area (Å²) in [7, 11) is 0. The molecule has 1 aliphatic heterocycles. The molecule has 2 aromatic carbocycles. The molecule has 0 aromatic heterocycles. The van der Waals surface area contributed by atoms with Gasteiger partial charge in [0.15, 0.2) is 0 Å². The van der Waals surface area contributed by atoms with Gasteiger partial charge >= 0.3 is 0 Å². The Morgan fingerprint density at radius 1 is 1.10 bits per heavy atom. The highest BCUT2D eigenvalue weighted by molar-refractivity contribution is 6.32. The van der Waals surface area contributed by atoms with E-state index in [1.165, 1.54) is 17.7 Å². The quantitative estimate of drug-likeness (QED) is 0.715. The summed E-state index contributed by atoms with van der Waals surface area (Å²) >= 11 is 12.1. The summed E-state index contributed by atoms with van der Waals surface area (Å²) in [5, 5.41) is 0.765. The van der Waals surface area contributed by atoms with Crippen LogP contribution in [0.5, 0.6) is 0 Å². The van der Waals surface area contributed by atoms with Gasteiger partial charge in [-0.25, -0.2) is 0 Å². The largest absolute Gasteiger partial charge is 0.371 e. The van der Waals surface area contributed by atoms with Gasteiger partial charge in [0.25, 0.3) is 0 Å². The molecule has 0 radical (unpaired) electrons. The second-order valence-electron chi connectivity index (χ2n) is 5.25. The number of alkyl halides is 1. The van der Waals surface area contributed by atoms with Crippen LogP contribution in [0.25, 0.3) is 0 Å². The Balaban J connectivity index is 1.76. The number of halogens is 2. The highest BCUT2D eigenvalue weighted by Gasteiger charge is 2.24. The van der Waals surface area contributed by atoms with Crippen molar-refractivity contribution in [1.29, 1.82) is 0 Å². The number of hydrogen-bond acceptors (Lipinski definition) is 1. The van der Waals surface area contributed by atoms with Crippen molar-refractivity contribution in [3.63, 3.8) is 0 Å². The molecule has 2 aromatic rings. The van der Waals surface area contributed by atoms with Crippen molar-refractivity contribution in [3.8, 4) is 0 Å². The van der Waals surface area contributed by atoms with E-state index in [1.54, 1.807) is 0 Å². The van der Waals surface area contributed by atoms with Crippen LogP contribution in [0.2, 0.25) is 5.02 Å². The molecule has 3 rings (SSSR count). The van der Waals surface area contributed by atoms with Crippen molar-refractivity contribution in [2.75, 3.05) is 18.0 Å². The van der Waals surface area contributed by atoms with E-state index in [9.17, 15) is 0 Å². The zero-order valence-corrected chi connectivity index (χ0v) is 12.7. The van der Waals surface area contributed by atoms with E-state index in [0.29, 0.717) is 11.8 Å². The number of benzene rings is 2. The molecule has 1 aliphatic rings. The van der Waals surface area contributed by atoms with Gasteiger partial charge in [0.2, 0.25) is 0 Å². The molecule has 1 unspecified atom stereocenters. The fourth-order valence-electron chi connectivity index (χ4n) is 2.83. The van der Waals surface area contributed by atoms with Crippen molar-refractivity contribution >= 4 is 28.9 Å². The summed E-state index contributed by atoms with van der Waals surface area (Å²) in [5.41, 5.74) is 3.62. The number of nitrogens with zero attached hydrogens (tertiary/aromatic N) is 1. The fraction of sp³-hybridized carbons (Fsp3) is 0.294. The van der Waals surface area contributed by atoms with Crippen LogP contribution in [0.4, 0.5) is 5.69 Å². The number of hydrogen-bond donors (Lipinski definition) is 0. The van der Waals surface area contributed by atoms with Crippen LogP contribution >= 0.6 is 23.2 Å². The molecule has 1 nitrogen and oxygen atoms in total. The number of anilines is 1. The predicted octanol–water partition coefficient (Wildman–Crippen LogP) is 5.07. The SMILES string of the molecule is ClCc1ccc(N2CCC(c3ccccc3)C2)cc1Cl. The summed E-state index contributed by atoms with van der Waals surface area (Å²) < 4.78 is 0. The van der Waals surface area contributed by atoms with Crippen molar-refractivity contribution in [2.45, 2.75) is 18.2 Å². The first kappa shape index (κ1) is 13.8. The molecular formula is C17H17Cl2N. The van der Waals surface area contributed by atoms with Crippen molar-refractivity contribution in [1.82, 2.24) is 0 Å². The van der Waals surface area contributed by atoms with Crippen molar-refractivity contribution < 1.29 is 0 Å². The molecule has 0 bridgehead atoms. The van der Waals surface area contributed by atoms with Gasteiger partial charge < -0.3 is 4.90 Å². The van der Waals surface area contributed by atoms with Gasteiger partial charge in [0.1, 0.15) is 0 Å². The Kier molecular flexibility index (Phi) is 4.18. The molecule has 1 fully saturated rings. The van der Waals surface area contributed by atoms with Gasteiger partial charge in [-0.15, -0.1) is 11.6 Å². The van der Waals surface area contributed by atoms with E-state index < -0.39 is 0 Å². The first-order chi connectivity index (χ1) is 9.78. The summed E-state index contributed by atoms with van der Waals surface area (Å²) in [6.07, 6.45) is 1.19. The van der Waals surface area contributed by atoms with Crippen molar-refractivity contribution in [3.05, 3.63) is 64.7 Å². The lowest BCUT2D eigenvalue weighted by atomic mass is 9.99. The van der Waals surface area contributed by atoms with E-state index in [2.05, 4.69) is 41.3 Å². The molecule has 0 aliphatic carbocycles. The van der Waals surface area contributed by atoms with Gasteiger partial charge in [-0.1, -0.05) is 48.0 Å². The number of rotatable bonds is 3. The maximum Gasteiger partial charge on any atom is 0.0488 e. The average Bonchev–Trinajstić information content (AvgIpc) is 2.98. The van der Waals surface area contributed by atoms with Gasteiger partial charge in [-0.05, 0) is 29.7 Å². The highest BCUT2D eigenvalue weighted by Crippen LogP contribution is 2.32. The molecule has 0 spiro atoms. The van der Waals surface area contributed by atoms with E-state index in [-0.39, 0.29) is 0 Å². The zero-order chi connectivity index (χ0) is 13.9. The standard InChI is InChI=1S/C17H17Cl2N/c18-11-14-6-7-16(10-17(14)19)20-9-8-15(12-20)13-4-2-1-3-5-13/h1-7,10,15H,8-9,11-12H2. The van der Waals surface area contributed by atoms with E-state index in [0.717, 1.165) is 23.7 Å². The lowest BCUT2D eigenvalue weighted by molar-refractivity contribution is 0.775. The van der Waals surface area contributed by atoms with Crippen LogP contribution in [-0.2, 0) is 5.88 Å². The van der Waals surface area contributed by atoms with Gasteiger partial charge in [0, 0.05) is 35.6 Å². The minimum Gasteiger partial charge on any atom is -0.371 e. The van der Waals surface area contributed by atoms with Crippen LogP contribution < -0.4 is 4.90 Å². The maximum absolute atomic E-state index is 6.25. The molecule has 0 N–H and O–H groups in total. The maximum atomic E-state index is 6.25. The minimum atomic E-state index is 0.464.